The summed E-state index contributed by atoms with van der Waals surface area (Å²) in [5.41, 5.74) is 14.4. The molecule has 0 spiro atoms. The summed E-state index contributed by atoms with van der Waals surface area (Å²) in [6, 6.07) is 17.7. The number of allylic oxidation sites excluding steroid dienone is 1. The normalized spacial score (nSPS) is 11.0. The summed E-state index contributed by atoms with van der Waals surface area (Å²) in [6.07, 6.45) is 4.21. The molecule has 4 rings (SSSR count). The second-order valence-electron chi connectivity index (χ2n) is 8.77. The molecule has 0 fully saturated rings. The maximum absolute atomic E-state index is 3.47. The first-order valence-corrected chi connectivity index (χ1v) is 11.0. The third-order valence-corrected chi connectivity index (χ3v) is 6.46. The van der Waals surface area contributed by atoms with Gasteiger partial charge in [-0.25, -0.2) is 0 Å². The highest BCUT2D eigenvalue weighted by atomic mass is 14.8. The van der Waals surface area contributed by atoms with Crippen LogP contribution in [-0.2, 0) is 0 Å². The summed E-state index contributed by atoms with van der Waals surface area (Å²) in [6.45, 7) is 14.2. The van der Waals surface area contributed by atoms with Crippen molar-refractivity contribution in [2.45, 2.75) is 41.5 Å². The Hall–Kier alpha value is -3.26. The molecule has 2 heteroatoms. The third kappa shape index (κ3) is 4.03. The van der Waals surface area contributed by atoms with Crippen LogP contribution in [0.2, 0.25) is 0 Å². The van der Waals surface area contributed by atoms with Crippen molar-refractivity contribution in [3.05, 3.63) is 88.6 Å². The molecule has 1 heterocycles. The van der Waals surface area contributed by atoms with Crippen LogP contribution in [0.5, 0.6) is 0 Å². The highest BCUT2D eigenvalue weighted by Crippen LogP contribution is 2.39. The standard InChI is InChI=1S/C29H32N2/c1-18(2)13-15-30-26-10-7-23(8-11-26)28-19(3)21(5)29(22(6)20(28)4)25-9-12-27-24(17-25)14-16-31-27/h7-14,16-17,30-31H,15H2,1-6H3. The third-order valence-electron chi connectivity index (χ3n) is 6.46. The Morgan fingerprint density at radius 2 is 1.35 bits per heavy atom. The highest BCUT2D eigenvalue weighted by molar-refractivity contribution is 5.89. The maximum Gasteiger partial charge on any atom is 0.0454 e. The summed E-state index contributed by atoms with van der Waals surface area (Å²) in [5.74, 6) is 0. The van der Waals surface area contributed by atoms with E-state index >= 15 is 0 Å². The van der Waals surface area contributed by atoms with E-state index in [1.165, 1.54) is 61.0 Å². The first-order valence-electron chi connectivity index (χ1n) is 11.0. The van der Waals surface area contributed by atoms with Gasteiger partial charge in [0, 0.05) is 23.9 Å². The lowest BCUT2D eigenvalue weighted by molar-refractivity contribution is 1.24. The summed E-state index contributed by atoms with van der Waals surface area (Å²) in [7, 11) is 0. The Bertz CT molecular complexity index is 1240. The van der Waals surface area contributed by atoms with E-state index in [-0.39, 0.29) is 0 Å². The van der Waals surface area contributed by atoms with Crippen molar-refractivity contribution < 1.29 is 0 Å². The van der Waals surface area contributed by atoms with Gasteiger partial charge in [0.25, 0.3) is 0 Å². The predicted octanol–water partition coefficient (Wildman–Crippen LogP) is 8.11. The largest absolute Gasteiger partial charge is 0.382 e. The fourth-order valence-electron chi connectivity index (χ4n) is 4.52. The summed E-state index contributed by atoms with van der Waals surface area (Å²) in [4.78, 5) is 3.30. The van der Waals surface area contributed by atoms with Crippen LogP contribution in [0.3, 0.4) is 0 Å². The van der Waals surface area contributed by atoms with E-state index in [2.05, 4.69) is 106 Å². The lowest BCUT2D eigenvalue weighted by atomic mass is 9.83. The molecule has 31 heavy (non-hydrogen) atoms. The summed E-state index contributed by atoms with van der Waals surface area (Å²) in [5, 5.41) is 4.73. The number of anilines is 1. The van der Waals surface area contributed by atoms with Crippen molar-refractivity contribution in [3.8, 4) is 22.3 Å². The van der Waals surface area contributed by atoms with Crippen LogP contribution in [0.25, 0.3) is 33.2 Å². The van der Waals surface area contributed by atoms with Crippen LogP contribution in [0.15, 0.2) is 66.4 Å². The molecule has 0 radical (unpaired) electrons. The number of hydrogen-bond acceptors (Lipinski definition) is 1. The first-order chi connectivity index (χ1) is 14.9. The maximum atomic E-state index is 3.47. The van der Waals surface area contributed by atoms with Crippen LogP contribution in [0, 0.1) is 27.7 Å². The Balaban J connectivity index is 1.74. The zero-order chi connectivity index (χ0) is 22.1. The number of H-pyrrole nitrogens is 1. The van der Waals surface area contributed by atoms with Gasteiger partial charge in [0.15, 0.2) is 0 Å². The zero-order valence-corrected chi connectivity index (χ0v) is 19.5. The molecule has 4 aromatic rings. The average molecular weight is 409 g/mol. The molecular formula is C29H32N2. The lowest BCUT2D eigenvalue weighted by Crippen LogP contribution is -2.01. The van der Waals surface area contributed by atoms with Crippen LogP contribution in [-0.4, -0.2) is 11.5 Å². The van der Waals surface area contributed by atoms with Crippen molar-refractivity contribution in [2.24, 2.45) is 0 Å². The lowest BCUT2D eigenvalue weighted by Gasteiger charge is -2.21. The van der Waals surface area contributed by atoms with Crippen molar-refractivity contribution in [1.29, 1.82) is 0 Å². The van der Waals surface area contributed by atoms with Gasteiger partial charge in [-0.2, -0.15) is 0 Å². The number of fused-ring (bicyclic) bond motifs is 1. The molecule has 0 saturated carbocycles. The number of nitrogens with one attached hydrogen (secondary N) is 2. The van der Waals surface area contributed by atoms with E-state index in [0.717, 1.165) is 12.2 Å². The van der Waals surface area contributed by atoms with Crippen LogP contribution in [0.1, 0.15) is 36.1 Å². The number of aromatic nitrogens is 1. The quantitative estimate of drug-likeness (QED) is 0.321. The van der Waals surface area contributed by atoms with Gasteiger partial charge in [-0.1, -0.05) is 29.8 Å². The van der Waals surface area contributed by atoms with E-state index in [0.29, 0.717) is 0 Å². The second kappa shape index (κ2) is 8.47. The Labute approximate surface area is 186 Å². The van der Waals surface area contributed by atoms with Gasteiger partial charge in [0.05, 0.1) is 0 Å². The number of hydrogen-bond donors (Lipinski definition) is 2. The first kappa shape index (κ1) is 21.0. The van der Waals surface area contributed by atoms with E-state index in [1.54, 1.807) is 0 Å². The summed E-state index contributed by atoms with van der Waals surface area (Å²) < 4.78 is 0. The molecule has 2 nitrogen and oxygen atoms in total. The molecule has 0 atom stereocenters. The minimum Gasteiger partial charge on any atom is -0.382 e. The topological polar surface area (TPSA) is 27.8 Å². The molecule has 158 valence electrons. The van der Waals surface area contributed by atoms with Gasteiger partial charge in [0.1, 0.15) is 0 Å². The van der Waals surface area contributed by atoms with Crippen LogP contribution < -0.4 is 5.32 Å². The van der Waals surface area contributed by atoms with Gasteiger partial charge in [-0.15, -0.1) is 0 Å². The van der Waals surface area contributed by atoms with Crippen LogP contribution >= 0.6 is 0 Å². The molecule has 0 aliphatic carbocycles. The smallest absolute Gasteiger partial charge is 0.0454 e. The minimum atomic E-state index is 0.859. The molecule has 0 unspecified atom stereocenters. The van der Waals surface area contributed by atoms with Crippen molar-refractivity contribution in [3.63, 3.8) is 0 Å². The molecule has 0 aliphatic rings. The molecular weight excluding hydrogens is 376 g/mol. The van der Waals surface area contributed by atoms with Gasteiger partial charge < -0.3 is 10.3 Å². The molecule has 0 bridgehead atoms. The Morgan fingerprint density at radius 1 is 0.774 bits per heavy atom. The number of rotatable bonds is 5. The summed E-state index contributed by atoms with van der Waals surface area (Å²) >= 11 is 0. The minimum absolute atomic E-state index is 0.859. The van der Waals surface area contributed by atoms with Crippen molar-refractivity contribution in [1.82, 2.24) is 4.98 Å². The van der Waals surface area contributed by atoms with E-state index in [9.17, 15) is 0 Å². The fourth-order valence-corrected chi connectivity index (χ4v) is 4.52. The molecule has 2 N–H and O–H groups in total. The molecule has 1 aromatic heterocycles. The molecule has 0 saturated heterocycles. The van der Waals surface area contributed by atoms with Crippen LogP contribution in [0.4, 0.5) is 5.69 Å². The van der Waals surface area contributed by atoms with E-state index in [4.69, 9.17) is 0 Å². The SMILES string of the molecule is CC(C)=CCNc1ccc(-c2c(C)c(C)c(-c3ccc4[nH]ccc4c3)c(C)c2C)cc1. The Morgan fingerprint density at radius 3 is 1.97 bits per heavy atom. The second-order valence-corrected chi connectivity index (χ2v) is 8.77. The van der Waals surface area contributed by atoms with Gasteiger partial charge in [-0.3, -0.25) is 0 Å². The van der Waals surface area contributed by atoms with Crippen molar-refractivity contribution >= 4 is 16.6 Å². The van der Waals surface area contributed by atoms with Gasteiger partial charge in [-0.05, 0) is 122 Å². The fraction of sp³-hybridized carbons (Fsp3) is 0.241. The van der Waals surface area contributed by atoms with Gasteiger partial charge in [0.2, 0.25) is 0 Å². The average Bonchev–Trinajstić information content (AvgIpc) is 3.21. The molecule has 0 amide bonds. The molecule has 3 aromatic carbocycles. The van der Waals surface area contributed by atoms with Crippen molar-refractivity contribution in [2.75, 3.05) is 11.9 Å². The number of benzene rings is 3. The van der Waals surface area contributed by atoms with E-state index in [1.807, 2.05) is 6.20 Å². The monoisotopic (exact) mass is 408 g/mol. The van der Waals surface area contributed by atoms with Gasteiger partial charge >= 0.3 is 0 Å². The predicted molar refractivity (Wildman–Crippen MR) is 136 cm³/mol. The zero-order valence-electron chi connectivity index (χ0n) is 19.5. The highest BCUT2D eigenvalue weighted by Gasteiger charge is 2.17. The Kier molecular flexibility index (Phi) is 5.73. The van der Waals surface area contributed by atoms with E-state index < -0.39 is 0 Å². The molecule has 0 aliphatic heterocycles. The number of aromatic amines is 1.